The molecule has 2 aromatic rings. The number of carbonyl (C=O) groups is 2. The number of hydrogen-bond donors (Lipinski definition) is 1. The van der Waals surface area contributed by atoms with E-state index in [1.807, 2.05) is 43.3 Å². The maximum Gasteiger partial charge on any atom is 0.408 e. The van der Waals surface area contributed by atoms with Crippen molar-refractivity contribution < 1.29 is 14.3 Å². The van der Waals surface area contributed by atoms with Crippen LogP contribution in [0.1, 0.15) is 25.0 Å². The van der Waals surface area contributed by atoms with E-state index in [-0.39, 0.29) is 12.5 Å². The van der Waals surface area contributed by atoms with Crippen LogP contribution in [-0.4, -0.2) is 34.5 Å². The number of nitrogens with zero attached hydrogens (tertiary/aromatic N) is 2. The Balaban J connectivity index is 1.85. The van der Waals surface area contributed by atoms with Crippen LogP contribution < -0.4 is 5.32 Å². The Morgan fingerprint density at radius 2 is 1.92 bits per heavy atom. The average Bonchev–Trinajstić information content (AvgIpc) is 2.66. The highest BCUT2D eigenvalue weighted by atomic mass is 35.5. The molecule has 0 spiro atoms. The van der Waals surface area contributed by atoms with E-state index in [4.69, 9.17) is 16.3 Å². The van der Waals surface area contributed by atoms with Crippen molar-refractivity contribution in [3.8, 4) is 0 Å². The van der Waals surface area contributed by atoms with Gasteiger partial charge in [-0.1, -0.05) is 48.0 Å². The van der Waals surface area contributed by atoms with Crippen molar-refractivity contribution in [2.24, 2.45) is 0 Å². The fourth-order valence-electron chi connectivity index (χ4n) is 2.34. The second-order valence-corrected chi connectivity index (χ2v) is 6.16. The van der Waals surface area contributed by atoms with Gasteiger partial charge in [0.2, 0.25) is 5.91 Å². The van der Waals surface area contributed by atoms with Gasteiger partial charge in [0.1, 0.15) is 17.8 Å². The normalized spacial score (nSPS) is 11.5. The van der Waals surface area contributed by atoms with Gasteiger partial charge in [-0.15, -0.1) is 0 Å². The number of likely N-dealkylation sites (N-methyl/N-ethyl adjacent to an activating group) is 1. The summed E-state index contributed by atoms with van der Waals surface area (Å²) >= 11 is 5.77. The van der Waals surface area contributed by atoms with Crippen molar-refractivity contribution in [2.45, 2.75) is 33.0 Å². The lowest BCUT2D eigenvalue weighted by molar-refractivity contribution is -0.133. The molecule has 26 heavy (non-hydrogen) atoms. The molecule has 1 N–H and O–H groups in total. The van der Waals surface area contributed by atoms with Crippen LogP contribution in [0, 0.1) is 0 Å². The highest BCUT2D eigenvalue weighted by Gasteiger charge is 2.22. The molecule has 2 amide bonds. The minimum absolute atomic E-state index is 0.154. The Labute approximate surface area is 158 Å². The molecular weight excluding hydrogens is 354 g/mol. The van der Waals surface area contributed by atoms with E-state index in [1.54, 1.807) is 24.1 Å². The lowest BCUT2D eigenvalue weighted by Crippen LogP contribution is -2.46. The number of pyridine rings is 1. The van der Waals surface area contributed by atoms with E-state index >= 15 is 0 Å². The van der Waals surface area contributed by atoms with E-state index in [1.165, 1.54) is 0 Å². The highest BCUT2D eigenvalue weighted by molar-refractivity contribution is 6.29. The minimum atomic E-state index is -0.696. The van der Waals surface area contributed by atoms with E-state index < -0.39 is 12.1 Å². The van der Waals surface area contributed by atoms with Crippen LogP contribution in [0.5, 0.6) is 0 Å². The molecule has 7 heteroatoms. The van der Waals surface area contributed by atoms with Crippen molar-refractivity contribution in [1.29, 1.82) is 0 Å². The zero-order valence-corrected chi connectivity index (χ0v) is 15.6. The number of amides is 2. The number of halogens is 1. The SMILES string of the molecule is CCN(Cc1ccc(Cl)nc1)C(=O)[C@H](C)NC(=O)OCc1ccccc1. The first-order valence-electron chi connectivity index (χ1n) is 8.36. The number of ether oxygens (including phenoxy) is 1. The molecule has 0 fully saturated rings. The molecule has 0 unspecified atom stereocenters. The smallest absolute Gasteiger partial charge is 0.408 e. The second-order valence-electron chi connectivity index (χ2n) is 5.77. The van der Waals surface area contributed by atoms with Crippen molar-refractivity contribution in [3.05, 3.63) is 64.9 Å². The number of aromatic nitrogens is 1. The Bertz CT molecular complexity index is 723. The van der Waals surface area contributed by atoms with Crippen LogP contribution in [0.4, 0.5) is 4.79 Å². The van der Waals surface area contributed by atoms with Gasteiger partial charge in [0.25, 0.3) is 0 Å². The number of nitrogens with one attached hydrogen (secondary N) is 1. The maximum atomic E-state index is 12.6. The molecule has 0 saturated heterocycles. The van der Waals surface area contributed by atoms with Crippen LogP contribution >= 0.6 is 11.6 Å². The summed E-state index contributed by atoms with van der Waals surface area (Å²) in [6.45, 7) is 4.56. The van der Waals surface area contributed by atoms with Gasteiger partial charge in [0.05, 0.1) is 0 Å². The fourth-order valence-corrected chi connectivity index (χ4v) is 2.45. The summed E-state index contributed by atoms with van der Waals surface area (Å²) in [7, 11) is 0. The van der Waals surface area contributed by atoms with Gasteiger partial charge in [-0.2, -0.15) is 0 Å². The zero-order chi connectivity index (χ0) is 18.9. The molecule has 0 saturated carbocycles. The lowest BCUT2D eigenvalue weighted by Gasteiger charge is -2.24. The standard InChI is InChI=1S/C19H22ClN3O3/c1-3-23(12-16-9-10-17(20)21-11-16)18(24)14(2)22-19(25)26-13-15-7-5-4-6-8-15/h4-11,14H,3,12-13H2,1-2H3,(H,22,25)/t14-/m0/s1. The topological polar surface area (TPSA) is 71.5 Å². The van der Waals surface area contributed by atoms with Crippen LogP contribution in [0.3, 0.4) is 0 Å². The molecule has 1 aromatic heterocycles. The Kier molecular flexibility index (Phi) is 7.41. The molecule has 2 rings (SSSR count). The van der Waals surface area contributed by atoms with Crippen LogP contribution in [0.2, 0.25) is 5.15 Å². The summed E-state index contributed by atoms with van der Waals surface area (Å²) < 4.78 is 5.15. The van der Waals surface area contributed by atoms with Gasteiger partial charge in [-0.05, 0) is 31.0 Å². The minimum Gasteiger partial charge on any atom is -0.445 e. The molecule has 0 aliphatic rings. The zero-order valence-electron chi connectivity index (χ0n) is 14.8. The van der Waals surface area contributed by atoms with Crippen LogP contribution in [0.15, 0.2) is 48.7 Å². The Morgan fingerprint density at radius 1 is 1.19 bits per heavy atom. The molecule has 1 atom stereocenters. The summed E-state index contributed by atoms with van der Waals surface area (Å²) in [6, 6.07) is 12.1. The first kappa shape index (κ1) is 19.7. The first-order chi connectivity index (χ1) is 12.5. The van der Waals surface area contributed by atoms with Gasteiger partial charge < -0.3 is 15.0 Å². The van der Waals surface area contributed by atoms with Gasteiger partial charge >= 0.3 is 6.09 Å². The molecule has 1 aromatic carbocycles. The third kappa shape index (κ3) is 6.04. The van der Waals surface area contributed by atoms with Gasteiger partial charge in [-0.3, -0.25) is 4.79 Å². The Morgan fingerprint density at radius 3 is 2.54 bits per heavy atom. The number of hydrogen-bond acceptors (Lipinski definition) is 4. The summed E-state index contributed by atoms with van der Waals surface area (Å²) in [4.78, 5) is 30.1. The molecule has 0 aliphatic carbocycles. The van der Waals surface area contributed by atoms with Crippen molar-refractivity contribution in [2.75, 3.05) is 6.54 Å². The van der Waals surface area contributed by atoms with Crippen LogP contribution in [0.25, 0.3) is 0 Å². The molecule has 0 radical (unpaired) electrons. The third-order valence-corrected chi connectivity index (χ3v) is 4.00. The predicted octanol–water partition coefficient (Wildman–Crippen LogP) is 3.40. The summed E-state index contributed by atoms with van der Waals surface area (Å²) in [5.41, 5.74) is 1.75. The molecule has 0 bridgehead atoms. The highest BCUT2D eigenvalue weighted by Crippen LogP contribution is 2.09. The van der Waals surface area contributed by atoms with E-state index in [2.05, 4.69) is 10.3 Å². The number of rotatable bonds is 7. The van der Waals surface area contributed by atoms with E-state index in [0.717, 1.165) is 11.1 Å². The van der Waals surface area contributed by atoms with Gasteiger partial charge in [0, 0.05) is 19.3 Å². The predicted molar refractivity (Wildman–Crippen MR) is 99.6 cm³/mol. The Hall–Kier alpha value is -2.60. The van der Waals surface area contributed by atoms with Crippen LogP contribution in [-0.2, 0) is 22.7 Å². The summed E-state index contributed by atoms with van der Waals surface area (Å²) in [6.07, 6.45) is 1.00. The molecule has 1 heterocycles. The van der Waals surface area contributed by atoms with E-state index in [0.29, 0.717) is 18.2 Å². The van der Waals surface area contributed by atoms with Crippen molar-refractivity contribution in [3.63, 3.8) is 0 Å². The van der Waals surface area contributed by atoms with Gasteiger partial charge in [-0.25, -0.2) is 9.78 Å². The summed E-state index contributed by atoms with van der Waals surface area (Å²) in [5, 5.41) is 2.97. The molecule has 0 aliphatic heterocycles. The monoisotopic (exact) mass is 375 g/mol. The van der Waals surface area contributed by atoms with Crippen molar-refractivity contribution in [1.82, 2.24) is 15.2 Å². The quantitative estimate of drug-likeness (QED) is 0.753. The van der Waals surface area contributed by atoms with Crippen molar-refractivity contribution >= 4 is 23.6 Å². The molecular formula is C19H22ClN3O3. The molecule has 6 nitrogen and oxygen atoms in total. The molecule has 138 valence electrons. The summed E-state index contributed by atoms with van der Waals surface area (Å²) in [5.74, 6) is -0.195. The number of carbonyl (C=O) groups excluding carboxylic acids is 2. The van der Waals surface area contributed by atoms with E-state index in [9.17, 15) is 9.59 Å². The fraction of sp³-hybridized carbons (Fsp3) is 0.316. The average molecular weight is 376 g/mol. The second kappa shape index (κ2) is 9.77. The first-order valence-corrected chi connectivity index (χ1v) is 8.73. The maximum absolute atomic E-state index is 12.6. The lowest BCUT2D eigenvalue weighted by atomic mass is 10.2. The largest absolute Gasteiger partial charge is 0.445 e. The third-order valence-electron chi connectivity index (χ3n) is 3.77. The van der Waals surface area contributed by atoms with Gasteiger partial charge in [0.15, 0.2) is 0 Å². The number of alkyl carbamates (subject to hydrolysis) is 1. The number of benzene rings is 1.